The van der Waals surface area contributed by atoms with Crippen LogP contribution in [-0.4, -0.2) is 35.8 Å². The molecule has 1 aromatic rings. The maximum atomic E-state index is 11.3. The van der Waals surface area contributed by atoms with E-state index in [0.717, 1.165) is 24.3 Å². The summed E-state index contributed by atoms with van der Waals surface area (Å²) in [5.74, 6) is -0.293. The second-order valence-corrected chi connectivity index (χ2v) is 5.09. The number of primary amides is 1. The van der Waals surface area contributed by atoms with Crippen LogP contribution < -0.4 is 5.73 Å². The minimum Gasteiger partial charge on any atom is -0.365 e. The quantitative estimate of drug-likeness (QED) is 0.772. The molecule has 0 saturated heterocycles. The number of carbonyl (C=O) groups excluding carboxylic acids is 2. The predicted octanol–water partition coefficient (Wildman–Crippen LogP) is 1.04. The van der Waals surface area contributed by atoms with E-state index in [-0.39, 0.29) is 5.91 Å². The summed E-state index contributed by atoms with van der Waals surface area (Å²) in [6.45, 7) is 0. The van der Waals surface area contributed by atoms with Crippen LogP contribution in [0.4, 0.5) is 0 Å². The smallest absolute Gasteiger partial charge is 0.260 e. The Labute approximate surface area is 105 Å². The molecule has 0 bridgehead atoms. The average molecular weight is 255 g/mol. The lowest BCUT2D eigenvalue weighted by Crippen LogP contribution is -2.21. The van der Waals surface area contributed by atoms with Crippen molar-refractivity contribution in [2.75, 3.05) is 14.1 Å². The molecule has 0 saturated carbocycles. The zero-order chi connectivity index (χ0) is 12.8. The highest BCUT2D eigenvalue weighted by Crippen LogP contribution is 2.15. The summed E-state index contributed by atoms with van der Waals surface area (Å²) < 4.78 is 0. The number of hydrogen-bond donors (Lipinski definition) is 1. The molecule has 0 aromatic carbocycles. The molecule has 2 amide bonds. The second kappa shape index (κ2) is 6.34. The van der Waals surface area contributed by atoms with Gasteiger partial charge >= 0.3 is 0 Å². The molecule has 94 valence electrons. The van der Waals surface area contributed by atoms with Crippen LogP contribution in [0.15, 0.2) is 6.20 Å². The highest BCUT2D eigenvalue weighted by molar-refractivity contribution is 7.13. The van der Waals surface area contributed by atoms with Gasteiger partial charge in [0.1, 0.15) is 4.88 Å². The van der Waals surface area contributed by atoms with E-state index in [1.807, 2.05) is 0 Å². The van der Waals surface area contributed by atoms with Crippen LogP contribution in [0.5, 0.6) is 0 Å². The van der Waals surface area contributed by atoms with E-state index in [4.69, 9.17) is 5.73 Å². The Morgan fingerprint density at radius 1 is 1.41 bits per heavy atom. The van der Waals surface area contributed by atoms with Crippen LogP contribution in [0.25, 0.3) is 0 Å². The summed E-state index contributed by atoms with van der Waals surface area (Å²) in [5, 5.41) is 0.899. The third-order valence-corrected chi connectivity index (χ3v) is 3.40. The average Bonchev–Trinajstić information content (AvgIpc) is 2.72. The molecule has 0 spiro atoms. The zero-order valence-electron chi connectivity index (χ0n) is 10.1. The Morgan fingerprint density at radius 3 is 2.65 bits per heavy atom. The van der Waals surface area contributed by atoms with Crippen LogP contribution in [0.1, 0.15) is 33.9 Å². The van der Waals surface area contributed by atoms with Crippen molar-refractivity contribution in [1.82, 2.24) is 9.88 Å². The molecule has 2 N–H and O–H groups in total. The first-order valence-corrected chi connectivity index (χ1v) is 6.27. The highest BCUT2D eigenvalue weighted by Gasteiger charge is 2.07. The first-order chi connectivity index (χ1) is 8.00. The summed E-state index contributed by atoms with van der Waals surface area (Å²) in [5.41, 5.74) is 5.14. The van der Waals surface area contributed by atoms with Gasteiger partial charge in [-0.2, -0.15) is 0 Å². The lowest BCUT2D eigenvalue weighted by Gasteiger charge is -2.08. The standard InChI is InChI=1S/C11H17N3O2S/c1-14(2)10(15)6-4-3-5-9-13-7-8(17-9)11(12)16/h7H,3-6H2,1-2H3,(H2,12,16). The van der Waals surface area contributed by atoms with Gasteiger partial charge in [0, 0.05) is 20.5 Å². The van der Waals surface area contributed by atoms with Gasteiger partial charge < -0.3 is 10.6 Å². The lowest BCUT2D eigenvalue weighted by molar-refractivity contribution is -0.128. The van der Waals surface area contributed by atoms with E-state index in [9.17, 15) is 9.59 Å². The predicted molar refractivity (Wildman–Crippen MR) is 66.9 cm³/mol. The van der Waals surface area contributed by atoms with Crippen LogP contribution in [0.3, 0.4) is 0 Å². The Morgan fingerprint density at radius 2 is 2.12 bits per heavy atom. The van der Waals surface area contributed by atoms with E-state index < -0.39 is 5.91 Å². The third-order valence-electron chi connectivity index (χ3n) is 2.33. The maximum absolute atomic E-state index is 11.3. The van der Waals surface area contributed by atoms with Gasteiger partial charge in [0.05, 0.1) is 11.2 Å². The van der Waals surface area contributed by atoms with Crippen molar-refractivity contribution in [2.24, 2.45) is 5.73 Å². The van der Waals surface area contributed by atoms with Crippen molar-refractivity contribution < 1.29 is 9.59 Å². The third kappa shape index (κ3) is 4.52. The summed E-state index contributed by atoms with van der Waals surface area (Å²) in [6.07, 6.45) is 4.58. The van der Waals surface area contributed by atoms with Gasteiger partial charge in [0.15, 0.2) is 0 Å². The number of thiazole rings is 1. The van der Waals surface area contributed by atoms with Gasteiger partial charge in [0.2, 0.25) is 5.91 Å². The van der Waals surface area contributed by atoms with E-state index in [1.54, 1.807) is 19.0 Å². The van der Waals surface area contributed by atoms with Gasteiger partial charge in [-0.05, 0) is 19.3 Å². The fourth-order valence-electron chi connectivity index (χ4n) is 1.32. The second-order valence-electron chi connectivity index (χ2n) is 3.98. The summed E-state index contributed by atoms with van der Waals surface area (Å²) in [6, 6.07) is 0. The number of nitrogens with zero attached hydrogens (tertiary/aromatic N) is 2. The topological polar surface area (TPSA) is 76.3 Å². The largest absolute Gasteiger partial charge is 0.365 e. The monoisotopic (exact) mass is 255 g/mol. The SMILES string of the molecule is CN(C)C(=O)CCCCc1ncc(C(N)=O)s1. The molecular weight excluding hydrogens is 238 g/mol. The number of amides is 2. The molecule has 0 aliphatic carbocycles. The maximum Gasteiger partial charge on any atom is 0.260 e. The Bertz CT molecular complexity index is 401. The summed E-state index contributed by atoms with van der Waals surface area (Å²) in [4.78, 5) is 28.3. The highest BCUT2D eigenvalue weighted by atomic mass is 32.1. The molecule has 1 aromatic heterocycles. The normalized spacial score (nSPS) is 10.2. The first-order valence-electron chi connectivity index (χ1n) is 5.45. The molecule has 6 heteroatoms. The van der Waals surface area contributed by atoms with Gasteiger partial charge in [-0.25, -0.2) is 4.98 Å². The molecule has 17 heavy (non-hydrogen) atoms. The number of aromatic nitrogens is 1. The van der Waals surface area contributed by atoms with E-state index in [1.165, 1.54) is 17.5 Å². The molecule has 0 radical (unpaired) electrons. The van der Waals surface area contributed by atoms with Crippen LogP contribution >= 0.6 is 11.3 Å². The van der Waals surface area contributed by atoms with Crippen molar-refractivity contribution >= 4 is 23.2 Å². The zero-order valence-corrected chi connectivity index (χ0v) is 10.9. The fraction of sp³-hybridized carbons (Fsp3) is 0.545. The molecule has 1 rings (SSSR count). The number of unbranched alkanes of at least 4 members (excludes halogenated alkanes) is 1. The van der Waals surface area contributed by atoms with Gasteiger partial charge in [-0.3, -0.25) is 9.59 Å². The van der Waals surface area contributed by atoms with Gasteiger partial charge in [-0.1, -0.05) is 0 Å². The van der Waals surface area contributed by atoms with Crippen molar-refractivity contribution in [3.8, 4) is 0 Å². The molecule has 0 aliphatic rings. The Hall–Kier alpha value is -1.43. The van der Waals surface area contributed by atoms with Crippen molar-refractivity contribution in [1.29, 1.82) is 0 Å². The Balaban J connectivity index is 2.26. The van der Waals surface area contributed by atoms with Crippen LogP contribution in [-0.2, 0) is 11.2 Å². The van der Waals surface area contributed by atoms with Crippen molar-refractivity contribution in [3.05, 3.63) is 16.1 Å². The molecule has 0 aliphatic heterocycles. The number of nitrogens with two attached hydrogens (primary N) is 1. The van der Waals surface area contributed by atoms with Crippen LogP contribution in [0, 0.1) is 0 Å². The lowest BCUT2D eigenvalue weighted by atomic mass is 10.2. The molecule has 0 fully saturated rings. The van der Waals surface area contributed by atoms with Gasteiger partial charge in [-0.15, -0.1) is 11.3 Å². The van der Waals surface area contributed by atoms with Crippen LogP contribution in [0.2, 0.25) is 0 Å². The van der Waals surface area contributed by atoms with Crippen molar-refractivity contribution in [2.45, 2.75) is 25.7 Å². The Kier molecular flexibility index (Phi) is 5.09. The van der Waals surface area contributed by atoms with E-state index in [2.05, 4.69) is 4.98 Å². The minimum absolute atomic E-state index is 0.141. The fourth-order valence-corrected chi connectivity index (χ4v) is 2.13. The minimum atomic E-state index is -0.434. The number of rotatable bonds is 6. The molecule has 0 atom stereocenters. The molecule has 0 unspecified atom stereocenters. The molecule has 5 nitrogen and oxygen atoms in total. The molecule has 1 heterocycles. The van der Waals surface area contributed by atoms with E-state index >= 15 is 0 Å². The summed E-state index contributed by atoms with van der Waals surface area (Å²) in [7, 11) is 3.50. The van der Waals surface area contributed by atoms with E-state index in [0.29, 0.717) is 11.3 Å². The first kappa shape index (κ1) is 13.6. The molecular formula is C11H17N3O2S. The van der Waals surface area contributed by atoms with Crippen molar-refractivity contribution in [3.63, 3.8) is 0 Å². The number of aryl methyl sites for hydroxylation is 1. The van der Waals surface area contributed by atoms with Gasteiger partial charge in [0.25, 0.3) is 5.91 Å². The summed E-state index contributed by atoms with van der Waals surface area (Å²) >= 11 is 1.33. The number of hydrogen-bond acceptors (Lipinski definition) is 4. The number of carbonyl (C=O) groups is 2.